The van der Waals surface area contributed by atoms with Crippen LogP contribution in [0.4, 0.5) is 10.1 Å². The smallest absolute Gasteiger partial charge is 0.342 e. The Morgan fingerprint density at radius 1 is 1.09 bits per heavy atom. The predicted molar refractivity (Wildman–Crippen MR) is 85.5 cm³/mol. The van der Waals surface area contributed by atoms with E-state index in [9.17, 15) is 9.18 Å². The second-order valence-corrected chi connectivity index (χ2v) is 4.92. The highest BCUT2D eigenvalue weighted by atomic mass is 19.1. The summed E-state index contributed by atoms with van der Waals surface area (Å²) >= 11 is 0. The van der Waals surface area contributed by atoms with Crippen molar-refractivity contribution >= 4 is 11.7 Å². The third-order valence-electron chi connectivity index (χ3n) is 3.26. The van der Waals surface area contributed by atoms with Crippen LogP contribution in [0, 0.1) is 0 Å². The fourth-order valence-electron chi connectivity index (χ4n) is 2.20. The summed E-state index contributed by atoms with van der Waals surface area (Å²) in [6, 6.07) is 19.3. The molecule has 0 aliphatic carbocycles. The number of para-hydroxylation sites is 1. The summed E-state index contributed by atoms with van der Waals surface area (Å²) in [7, 11) is 0. The van der Waals surface area contributed by atoms with Crippen molar-refractivity contribution < 1.29 is 13.9 Å². The first kappa shape index (κ1) is 16.0. The molecule has 0 aliphatic rings. The van der Waals surface area contributed by atoms with Crippen LogP contribution in [0.25, 0.3) is 0 Å². The molecule has 0 aromatic heterocycles. The third-order valence-corrected chi connectivity index (χ3v) is 3.26. The van der Waals surface area contributed by atoms with E-state index in [-0.39, 0.29) is 13.2 Å². The Labute approximate surface area is 130 Å². The van der Waals surface area contributed by atoms with Crippen LogP contribution >= 0.6 is 0 Å². The number of hydrogen-bond acceptors (Lipinski definition) is 3. The van der Waals surface area contributed by atoms with Crippen LogP contribution < -0.4 is 4.90 Å². The summed E-state index contributed by atoms with van der Waals surface area (Å²) in [4.78, 5) is 13.4. The Kier molecular flexibility index (Phi) is 5.95. The minimum atomic E-state index is -1.66. The summed E-state index contributed by atoms with van der Waals surface area (Å²) in [6.07, 6.45) is -1.66. The fourth-order valence-corrected chi connectivity index (χ4v) is 2.20. The van der Waals surface area contributed by atoms with Gasteiger partial charge in [0.15, 0.2) is 0 Å². The highest BCUT2D eigenvalue weighted by Crippen LogP contribution is 2.18. The molecule has 116 valence electrons. The van der Waals surface area contributed by atoms with Gasteiger partial charge in [0.1, 0.15) is 0 Å². The SMILES string of the molecule is CCOC(=O)C(F)CN(Cc1ccccc1)c1ccccc1. The number of benzene rings is 2. The van der Waals surface area contributed by atoms with Crippen molar-refractivity contribution in [2.24, 2.45) is 0 Å². The number of carbonyl (C=O) groups is 1. The average Bonchev–Trinajstić information content (AvgIpc) is 2.56. The number of esters is 1. The van der Waals surface area contributed by atoms with Gasteiger partial charge in [-0.2, -0.15) is 0 Å². The lowest BCUT2D eigenvalue weighted by Gasteiger charge is -2.26. The number of carbonyl (C=O) groups excluding carboxylic acids is 1. The van der Waals surface area contributed by atoms with Gasteiger partial charge in [0.2, 0.25) is 6.17 Å². The molecule has 2 aromatic carbocycles. The van der Waals surface area contributed by atoms with Gasteiger partial charge in [-0.1, -0.05) is 48.5 Å². The molecule has 22 heavy (non-hydrogen) atoms. The summed E-state index contributed by atoms with van der Waals surface area (Å²) in [5.41, 5.74) is 1.93. The van der Waals surface area contributed by atoms with Crippen LogP contribution in [-0.4, -0.2) is 25.3 Å². The zero-order valence-corrected chi connectivity index (χ0v) is 12.6. The van der Waals surface area contributed by atoms with Crippen molar-refractivity contribution in [2.45, 2.75) is 19.6 Å². The molecule has 0 saturated heterocycles. The maximum Gasteiger partial charge on any atom is 0.342 e. The summed E-state index contributed by atoms with van der Waals surface area (Å²) in [6.45, 7) is 2.36. The molecule has 0 spiro atoms. The van der Waals surface area contributed by atoms with Crippen molar-refractivity contribution in [1.29, 1.82) is 0 Å². The van der Waals surface area contributed by atoms with Gasteiger partial charge < -0.3 is 9.64 Å². The van der Waals surface area contributed by atoms with Gasteiger partial charge in [0.25, 0.3) is 0 Å². The van der Waals surface area contributed by atoms with E-state index in [1.54, 1.807) is 6.92 Å². The van der Waals surface area contributed by atoms with E-state index >= 15 is 0 Å². The molecule has 0 bridgehead atoms. The summed E-state index contributed by atoms with van der Waals surface area (Å²) < 4.78 is 18.9. The Balaban J connectivity index is 2.13. The Hall–Kier alpha value is -2.36. The van der Waals surface area contributed by atoms with Crippen LogP contribution in [0.2, 0.25) is 0 Å². The van der Waals surface area contributed by atoms with E-state index in [0.29, 0.717) is 6.54 Å². The van der Waals surface area contributed by atoms with Crippen molar-refractivity contribution in [1.82, 2.24) is 0 Å². The number of rotatable bonds is 7. The molecule has 2 aromatic rings. The van der Waals surface area contributed by atoms with Gasteiger partial charge in [-0.15, -0.1) is 0 Å². The van der Waals surface area contributed by atoms with Crippen LogP contribution in [0.15, 0.2) is 60.7 Å². The molecule has 0 saturated carbocycles. The topological polar surface area (TPSA) is 29.5 Å². The highest BCUT2D eigenvalue weighted by Gasteiger charge is 2.22. The van der Waals surface area contributed by atoms with Gasteiger partial charge >= 0.3 is 5.97 Å². The number of halogens is 1. The maximum absolute atomic E-state index is 14.1. The van der Waals surface area contributed by atoms with Crippen LogP contribution in [0.3, 0.4) is 0 Å². The Bertz CT molecular complexity index is 574. The number of nitrogens with zero attached hydrogens (tertiary/aromatic N) is 1. The van der Waals surface area contributed by atoms with Crippen molar-refractivity contribution in [3.05, 3.63) is 66.2 Å². The molecule has 0 fully saturated rings. The van der Waals surface area contributed by atoms with Gasteiger partial charge in [-0.25, -0.2) is 9.18 Å². The molecule has 3 nitrogen and oxygen atoms in total. The van der Waals surface area contributed by atoms with Crippen LogP contribution in [0.5, 0.6) is 0 Å². The van der Waals surface area contributed by atoms with Crippen molar-refractivity contribution in [3.63, 3.8) is 0 Å². The maximum atomic E-state index is 14.1. The van der Waals surface area contributed by atoms with Gasteiger partial charge in [-0.05, 0) is 24.6 Å². The summed E-state index contributed by atoms with van der Waals surface area (Å²) in [5, 5.41) is 0. The second kappa shape index (κ2) is 8.17. The molecule has 0 N–H and O–H groups in total. The van der Waals surface area contributed by atoms with Gasteiger partial charge in [0, 0.05) is 12.2 Å². The predicted octanol–water partition coefficient (Wildman–Crippen LogP) is 3.59. The van der Waals surface area contributed by atoms with E-state index in [1.165, 1.54) is 0 Å². The molecule has 0 aliphatic heterocycles. The number of hydrogen-bond donors (Lipinski definition) is 0. The lowest BCUT2D eigenvalue weighted by Crippen LogP contribution is -2.35. The number of ether oxygens (including phenoxy) is 1. The van der Waals surface area contributed by atoms with Gasteiger partial charge in [-0.3, -0.25) is 0 Å². The normalized spacial score (nSPS) is 11.7. The molecule has 4 heteroatoms. The van der Waals surface area contributed by atoms with E-state index < -0.39 is 12.1 Å². The Morgan fingerprint density at radius 2 is 1.68 bits per heavy atom. The quantitative estimate of drug-likeness (QED) is 0.732. The third kappa shape index (κ3) is 4.58. The summed E-state index contributed by atoms with van der Waals surface area (Å²) in [5.74, 6) is -0.809. The largest absolute Gasteiger partial charge is 0.464 e. The van der Waals surface area contributed by atoms with E-state index in [0.717, 1.165) is 11.3 Å². The van der Waals surface area contributed by atoms with Crippen LogP contribution in [-0.2, 0) is 16.1 Å². The Morgan fingerprint density at radius 3 is 2.27 bits per heavy atom. The standard InChI is InChI=1S/C18H20FNO2/c1-2-22-18(21)17(19)14-20(16-11-7-4-8-12-16)13-15-9-5-3-6-10-15/h3-12,17H,2,13-14H2,1H3. The molecule has 0 amide bonds. The lowest BCUT2D eigenvalue weighted by molar-refractivity contribution is -0.148. The zero-order valence-electron chi connectivity index (χ0n) is 12.6. The number of alkyl halides is 1. The molecule has 2 rings (SSSR count). The molecular formula is C18H20FNO2. The molecule has 1 unspecified atom stereocenters. The fraction of sp³-hybridized carbons (Fsp3) is 0.278. The second-order valence-electron chi connectivity index (χ2n) is 4.92. The van der Waals surface area contributed by atoms with E-state index in [2.05, 4.69) is 0 Å². The highest BCUT2D eigenvalue weighted by molar-refractivity contribution is 5.75. The monoisotopic (exact) mass is 301 g/mol. The number of anilines is 1. The average molecular weight is 301 g/mol. The first-order chi connectivity index (χ1) is 10.7. The first-order valence-electron chi connectivity index (χ1n) is 7.35. The van der Waals surface area contributed by atoms with Crippen LogP contribution in [0.1, 0.15) is 12.5 Å². The first-order valence-corrected chi connectivity index (χ1v) is 7.35. The van der Waals surface area contributed by atoms with Crippen molar-refractivity contribution in [3.8, 4) is 0 Å². The lowest BCUT2D eigenvalue weighted by atomic mass is 10.2. The molecule has 0 heterocycles. The zero-order chi connectivity index (χ0) is 15.8. The van der Waals surface area contributed by atoms with Crippen molar-refractivity contribution in [2.75, 3.05) is 18.1 Å². The molecular weight excluding hydrogens is 281 g/mol. The minimum Gasteiger partial charge on any atom is -0.464 e. The van der Waals surface area contributed by atoms with E-state index in [1.807, 2.05) is 65.6 Å². The molecule has 1 atom stereocenters. The van der Waals surface area contributed by atoms with E-state index in [4.69, 9.17) is 4.74 Å². The molecule has 0 radical (unpaired) electrons. The minimum absolute atomic E-state index is 0.0300. The van der Waals surface area contributed by atoms with Gasteiger partial charge in [0.05, 0.1) is 13.2 Å².